The number of hydrogen-bond donors (Lipinski definition) is 2. The lowest BCUT2D eigenvalue weighted by molar-refractivity contribution is 0.0923. The van der Waals surface area contributed by atoms with Gasteiger partial charge >= 0.3 is 5.91 Å². The Bertz CT molecular complexity index is 448. The molecule has 104 valence electrons. The van der Waals surface area contributed by atoms with Gasteiger partial charge in [0.05, 0.1) is 12.3 Å². The number of carbonyl (C=O) groups is 1. The molecule has 0 aliphatic carbocycles. The molecule has 6 nitrogen and oxygen atoms in total. The number of hydrogen-bond acceptors (Lipinski definition) is 5. The van der Waals surface area contributed by atoms with Crippen molar-refractivity contribution in [1.29, 1.82) is 5.26 Å². The lowest BCUT2D eigenvalue weighted by atomic mass is 10.1. The van der Waals surface area contributed by atoms with Crippen molar-refractivity contribution in [3.8, 4) is 6.07 Å². The molecule has 1 heterocycles. The van der Waals surface area contributed by atoms with Crippen molar-refractivity contribution in [2.24, 2.45) is 11.8 Å². The molecule has 1 amide bonds. The van der Waals surface area contributed by atoms with Crippen LogP contribution in [0.4, 0.5) is 0 Å². The van der Waals surface area contributed by atoms with Gasteiger partial charge in [-0.3, -0.25) is 15.1 Å². The summed E-state index contributed by atoms with van der Waals surface area (Å²) in [6.07, 6.45) is 1.93. The minimum atomic E-state index is -0.440. The van der Waals surface area contributed by atoms with Crippen LogP contribution in [-0.2, 0) is 6.54 Å². The van der Waals surface area contributed by atoms with E-state index in [-0.39, 0.29) is 5.76 Å². The topological polar surface area (TPSA) is 95.3 Å². The molecule has 1 rings (SSSR count). The zero-order chi connectivity index (χ0) is 14.3. The van der Waals surface area contributed by atoms with Gasteiger partial charge in [0.2, 0.25) is 0 Å². The summed E-state index contributed by atoms with van der Waals surface area (Å²) in [6.45, 7) is 6.32. The fraction of sp³-hybridized carbons (Fsp3) is 0.538. The van der Waals surface area contributed by atoms with Crippen LogP contribution in [0.15, 0.2) is 16.7 Å². The van der Waals surface area contributed by atoms with Crippen molar-refractivity contribution in [1.82, 2.24) is 10.3 Å². The first-order chi connectivity index (χ1) is 9.08. The van der Waals surface area contributed by atoms with Gasteiger partial charge in [-0.05, 0) is 12.0 Å². The van der Waals surface area contributed by atoms with Gasteiger partial charge in [-0.15, -0.1) is 0 Å². The van der Waals surface area contributed by atoms with Crippen LogP contribution < -0.4 is 11.3 Å². The summed E-state index contributed by atoms with van der Waals surface area (Å²) in [6, 6.07) is 3.89. The average Bonchev–Trinajstić information content (AvgIpc) is 2.82. The first kappa shape index (κ1) is 15.2. The van der Waals surface area contributed by atoms with E-state index in [9.17, 15) is 4.79 Å². The molecule has 0 saturated heterocycles. The summed E-state index contributed by atoms with van der Waals surface area (Å²) in [5.41, 5.74) is 2.84. The second-order valence-corrected chi connectivity index (χ2v) is 4.79. The van der Waals surface area contributed by atoms with E-state index >= 15 is 0 Å². The quantitative estimate of drug-likeness (QED) is 0.439. The van der Waals surface area contributed by atoms with Crippen molar-refractivity contribution in [2.75, 3.05) is 13.1 Å². The van der Waals surface area contributed by atoms with Crippen LogP contribution in [0, 0.1) is 17.2 Å². The van der Waals surface area contributed by atoms with Crippen LogP contribution in [0.2, 0.25) is 0 Å². The highest BCUT2D eigenvalue weighted by molar-refractivity contribution is 5.92. The Morgan fingerprint density at radius 1 is 1.63 bits per heavy atom. The number of nitrogens with one attached hydrogen (secondary N) is 1. The summed E-state index contributed by atoms with van der Waals surface area (Å²) in [5, 5.41) is 8.68. The fourth-order valence-corrected chi connectivity index (χ4v) is 1.93. The Hall–Kier alpha value is -1.84. The molecule has 1 aromatic rings. The fourth-order valence-electron chi connectivity index (χ4n) is 1.93. The maximum atomic E-state index is 11.5. The molecule has 0 saturated carbocycles. The van der Waals surface area contributed by atoms with E-state index in [0.717, 1.165) is 12.1 Å². The molecular weight excluding hydrogens is 244 g/mol. The Kier molecular flexibility index (Phi) is 6.06. The van der Waals surface area contributed by atoms with E-state index in [1.54, 1.807) is 6.07 Å². The SMILES string of the molecule is CC(C)CN(CCC#N)Cc1ccoc1C(=O)NN. The van der Waals surface area contributed by atoms with Gasteiger partial charge < -0.3 is 4.42 Å². The molecule has 3 N–H and O–H groups in total. The predicted molar refractivity (Wildman–Crippen MR) is 70.7 cm³/mol. The van der Waals surface area contributed by atoms with Crippen LogP contribution in [0.5, 0.6) is 0 Å². The molecule has 0 unspecified atom stereocenters. The lowest BCUT2D eigenvalue weighted by Gasteiger charge is -2.22. The average molecular weight is 264 g/mol. The second kappa shape index (κ2) is 7.56. The monoisotopic (exact) mass is 264 g/mol. The summed E-state index contributed by atoms with van der Waals surface area (Å²) < 4.78 is 5.14. The zero-order valence-corrected chi connectivity index (χ0v) is 11.3. The first-order valence-electron chi connectivity index (χ1n) is 6.25. The molecule has 0 spiro atoms. The largest absolute Gasteiger partial charge is 0.459 e. The van der Waals surface area contributed by atoms with Crippen molar-refractivity contribution in [3.63, 3.8) is 0 Å². The number of nitriles is 1. The number of furan rings is 1. The smallest absolute Gasteiger partial charge is 0.301 e. The minimum Gasteiger partial charge on any atom is -0.459 e. The van der Waals surface area contributed by atoms with Gasteiger partial charge in [0.1, 0.15) is 0 Å². The summed E-state index contributed by atoms with van der Waals surface area (Å²) >= 11 is 0. The molecule has 0 bridgehead atoms. The van der Waals surface area contributed by atoms with Crippen LogP contribution in [0.1, 0.15) is 36.4 Å². The Labute approximate surface area is 113 Å². The van der Waals surface area contributed by atoms with Gasteiger partial charge in [-0.1, -0.05) is 13.8 Å². The highest BCUT2D eigenvalue weighted by atomic mass is 16.3. The Morgan fingerprint density at radius 3 is 2.95 bits per heavy atom. The zero-order valence-electron chi connectivity index (χ0n) is 11.3. The summed E-state index contributed by atoms with van der Waals surface area (Å²) in [4.78, 5) is 13.6. The van der Waals surface area contributed by atoms with E-state index in [1.807, 2.05) is 0 Å². The number of amides is 1. The Morgan fingerprint density at radius 2 is 2.37 bits per heavy atom. The number of carbonyl (C=O) groups excluding carboxylic acids is 1. The molecule has 0 atom stereocenters. The van der Waals surface area contributed by atoms with Crippen LogP contribution in [-0.4, -0.2) is 23.9 Å². The third kappa shape index (κ3) is 4.73. The van der Waals surface area contributed by atoms with E-state index in [4.69, 9.17) is 15.5 Å². The third-order valence-electron chi connectivity index (χ3n) is 2.64. The highest BCUT2D eigenvalue weighted by Crippen LogP contribution is 2.14. The van der Waals surface area contributed by atoms with Crippen LogP contribution >= 0.6 is 0 Å². The van der Waals surface area contributed by atoms with Gasteiger partial charge in [0, 0.05) is 31.6 Å². The molecule has 19 heavy (non-hydrogen) atoms. The van der Waals surface area contributed by atoms with Gasteiger partial charge in [-0.25, -0.2) is 5.84 Å². The van der Waals surface area contributed by atoms with E-state index < -0.39 is 5.91 Å². The molecular formula is C13H20N4O2. The summed E-state index contributed by atoms with van der Waals surface area (Å²) in [5.74, 6) is 5.38. The number of nitrogen functional groups attached to an aromatic ring is 1. The molecule has 0 aliphatic heterocycles. The van der Waals surface area contributed by atoms with E-state index in [1.165, 1.54) is 6.26 Å². The van der Waals surface area contributed by atoms with Gasteiger partial charge in [0.15, 0.2) is 5.76 Å². The number of hydrazine groups is 1. The van der Waals surface area contributed by atoms with Crippen molar-refractivity contribution < 1.29 is 9.21 Å². The minimum absolute atomic E-state index is 0.230. The standard InChI is InChI=1S/C13H20N4O2/c1-10(2)8-17(6-3-5-14)9-11-4-7-19-12(11)13(18)16-15/h4,7,10H,3,6,8-9,15H2,1-2H3,(H,16,18). The normalized spacial score (nSPS) is 10.7. The van der Waals surface area contributed by atoms with Gasteiger partial charge in [-0.2, -0.15) is 5.26 Å². The first-order valence-corrected chi connectivity index (χ1v) is 6.25. The number of rotatable bonds is 7. The molecule has 0 aliphatic rings. The van der Waals surface area contributed by atoms with Crippen molar-refractivity contribution in [3.05, 3.63) is 23.7 Å². The van der Waals surface area contributed by atoms with E-state index in [0.29, 0.717) is 25.4 Å². The van der Waals surface area contributed by atoms with Crippen LogP contribution in [0.25, 0.3) is 0 Å². The van der Waals surface area contributed by atoms with Crippen LogP contribution in [0.3, 0.4) is 0 Å². The Balaban J connectivity index is 2.75. The van der Waals surface area contributed by atoms with E-state index in [2.05, 4.69) is 30.2 Å². The summed E-state index contributed by atoms with van der Waals surface area (Å²) in [7, 11) is 0. The molecule has 1 aromatic heterocycles. The maximum Gasteiger partial charge on any atom is 0.301 e. The maximum absolute atomic E-state index is 11.5. The highest BCUT2D eigenvalue weighted by Gasteiger charge is 2.17. The number of nitrogens with two attached hydrogens (primary N) is 1. The van der Waals surface area contributed by atoms with Crippen molar-refractivity contribution >= 4 is 5.91 Å². The predicted octanol–water partition coefficient (Wildman–Crippen LogP) is 1.25. The second-order valence-electron chi connectivity index (χ2n) is 4.79. The lowest BCUT2D eigenvalue weighted by Crippen LogP contribution is -2.32. The number of nitrogens with zero attached hydrogens (tertiary/aromatic N) is 2. The van der Waals surface area contributed by atoms with Crippen molar-refractivity contribution in [2.45, 2.75) is 26.8 Å². The molecule has 0 aromatic carbocycles. The molecule has 0 radical (unpaired) electrons. The molecule has 6 heteroatoms. The third-order valence-corrected chi connectivity index (χ3v) is 2.64. The van der Waals surface area contributed by atoms with Gasteiger partial charge in [0.25, 0.3) is 0 Å². The molecule has 0 fully saturated rings.